The number of fused-ring (bicyclic) bond motifs is 1. The van der Waals surface area contributed by atoms with E-state index in [9.17, 15) is 18.0 Å². The van der Waals surface area contributed by atoms with Crippen LogP contribution in [0, 0.1) is 0 Å². The van der Waals surface area contributed by atoms with Crippen LogP contribution in [-0.2, 0) is 23.8 Å². The van der Waals surface area contributed by atoms with Crippen LogP contribution in [0.3, 0.4) is 0 Å². The quantitative estimate of drug-likeness (QED) is 0.913. The van der Waals surface area contributed by atoms with Crippen LogP contribution in [0.25, 0.3) is 5.78 Å². The first-order chi connectivity index (χ1) is 8.81. The van der Waals surface area contributed by atoms with Gasteiger partial charge in [-0.15, -0.1) is 5.10 Å². The largest absolute Gasteiger partial charge is 0.481 e. The summed E-state index contributed by atoms with van der Waals surface area (Å²) in [5.41, 5.74) is -0.799. The van der Waals surface area contributed by atoms with Gasteiger partial charge in [-0.1, -0.05) is 6.92 Å². The number of aryl methyl sites for hydroxylation is 1. The fourth-order valence-corrected chi connectivity index (χ4v) is 1.55. The predicted octanol–water partition coefficient (Wildman–Crippen LogP) is 1.33. The topological polar surface area (TPSA) is 80.4 Å². The highest BCUT2D eigenvalue weighted by Crippen LogP contribution is 2.29. The summed E-state index contributed by atoms with van der Waals surface area (Å²) < 4.78 is 39.1. The summed E-state index contributed by atoms with van der Waals surface area (Å²) in [6, 6.07) is 0.881. The fraction of sp³-hybridized carbons (Fsp3) is 0.400. The van der Waals surface area contributed by atoms with Crippen LogP contribution in [0.5, 0.6) is 0 Å². The minimum absolute atomic E-state index is 0.209. The molecule has 2 aromatic rings. The van der Waals surface area contributed by atoms with Gasteiger partial charge in [-0.05, 0) is 12.5 Å². The molecule has 6 nitrogen and oxygen atoms in total. The number of carbonyl (C=O) groups is 1. The lowest BCUT2D eigenvalue weighted by Gasteiger charge is -2.09. The van der Waals surface area contributed by atoms with Gasteiger partial charge in [0.15, 0.2) is 11.5 Å². The minimum Gasteiger partial charge on any atom is -0.481 e. The number of aromatic nitrogens is 4. The molecule has 0 radical (unpaired) electrons. The maximum atomic E-state index is 12.9. The number of rotatable bonds is 3. The van der Waals surface area contributed by atoms with Gasteiger partial charge in [-0.2, -0.15) is 22.7 Å². The molecule has 2 rings (SSSR count). The van der Waals surface area contributed by atoms with Crippen LogP contribution in [0.4, 0.5) is 13.2 Å². The Balaban J connectivity index is 2.64. The van der Waals surface area contributed by atoms with Gasteiger partial charge < -0.3 is 5.11 Å². The molecule has 1 N–H and O–H groups in total. The number of halogens is 3. The summed E-state index contributed by atoms with van der Waals surface area (Å²) in [5.74, 6) is -1.68. The van der Waals surface area contributed by atoms with E-state index in [1.807, 2.05) is 0 Å². The molecule has 0 saturated carbocycles. The molecule has 2 heterocycles. The lowest BCUT2D eigenvalue weighted by atomic mass is 10.2. The van der Waals surface area contributed by atoms with Crippen LogP contribution in [0.15, 0.2) is 6.07 Å². The Hall–Kier alpha value is -2.19. The number of carboxylic acid groups (broad SMARTS) is 1. The molecule has 0 fully saturated rings. The Morgan fingerprint density at radius 3 is 2.63 bits per heavy atom. The molecule has 0 unspecified atom stereocenters. The number of aliphatic carboxylic acids is 1. The normalized spacial score (nSPS) is 12.0. The first-order valence-corrected chi connectivity index (χ1v) is 5.36. The SMILES string of the molecule is CCc1cc(C(F)(F)F)n2nc(CC(=O)O)nc2n1. The van der Waals surface area contributed by atoms with Crippen molar-refractivity contribution in [3.05, 3.63) is 23.3 Å². The molecule has 0 bridgehead atoms. The Morgan fingerprint density at radius 1 is 1.42 bits per heavy atom. The van der Waals surface area contributed by atoms with Crippen molar-refractivity contribution in [2.45, 2.75) is 25.9 Å². The van der Waals surface area contributed by atoms with E-state index < -0.39 is 24.3 Å². The van der Waals surface area contributed by atoms with Crippen molar-refractivity contribution in [3.63, 3.8) is 0 Å². The molecule has 0 amide bonds. The van der Waals surface area contributed by atoms with E-state index in [1.165, 1.54) is 0 Å². The van der Waals surface area contributed by atoms with Crippen molar-refractivity contribution in [2.24, 2.45) is 0 Å². The highest BCUT2D eigenvalue weighted by Gasteiger charge is 2.35. The standard InChI is InChI=1S/C10H9F3N4O2/c1-2-5-3-6(10(11,12)13)17-9(14-5)15-7(16-17)4-8(18)19/h3H,2,4H2,1H3,(H,18,19). The molecule has 0 saturated heterocycles. The van der Waals surface area contributed by atoms with Gasteiger partial charge in [0.25, 0.3) is 5.78 Å². The lowest BCUT2D eigenvalue weighted by molar-refractivity contribution is -0.142. The van der Waals surface area contributed by atoms with E-state index in [0.717, 1.165) is 6.07 Å². The van der Waals surface area contributed by atoms with Gasteiger partial charge in [0.2, 0.25) is 0 Å². The maximum absolute atomic E-state index is 12.9. The average Bonchev–Trinajstić information content (AvgIpc) is 2.66. The summed E-state index contributed by atoms with van der Waals surface area (Å²) in [6.45, 7) is 1.66. The van der Waals surface area contributed by atoms with Crippen molar-refractivity contribution < 1.29 is 23.1 Å². The van der Waals surface area contributed by atoms with Gasteiger partial charge in [0, 0.05) is 5.69 Å². The molecule has 2 aromatic heterocycles. The van der Waals surface area contributed by atoms with Crippen molar-refractivity contribution in [3.8, 4) is 0 Å². The predicted molar refractivity (Wildman–Crippen MR) is 56.5 cm³/mol. The third-order valence-electron chi connectivity index (χ3n) is 2.37. The summed E-state index contributed by atoms with van der Waals surface area (Å²) in [7, 11) is 0. The summed E-state index contributed by atoms with van der Waals surface area (Å²) in [6.07, 6.45) is -4.86. The number of hydrogen-bond acceptors (Lipinski definition) is 4. The highest BCUT2D eigenvalue weighted by atomic mass is 19.4. The Labute approximate surface area is 104 Å². The monoisotopic (exact) mass is 274 g/mol. The third-order valence-corrected chi connectivity index (χ3v) is 2.37. The molecular formula is C10H9F3N4O2. The molecule has 0 aliphatic rings. The smallest absolute Gasteiger partial charge is 0.433 e. The number of hydrogen-bond donors (Lipinski definition) is 1. The van der Waals surface area contributed by atoms with Crippen molar-refractivity contribution >= 4 is 11.7 Å². The maximum Gasteiger partial charge on any atom is 0.433 e. The molecule has 0 aliphatic carbocycles. The van der Waals surface area contributed by atoms with E-state index in [4.69, 9.17) is 5.11 Å². The third kappa shape index (κ3) is 2.64. The lowest BCUT2D eigenvalue weighted by Crippen LogP contribution is -2.14. The van der Waals surface area contributed by atoms with Crippen LogP contribution >= 0.6 is 0 Å². The Bertz CT molecular complexity index is 635. The zero-order valence-electron chi connectivity index (χ0n) is 9.77. The number of carboxylic acids is 1. The second-order valence-electron chi connectivity index (χ2n) is 3.79. The highest BCUT2D eigenvalue weighted by molar-refractivity contribution is 5.69. The van der Waals surface area contributed by atoms with Crippen LogP contribution in [0.1, 0.15) is 24.1 Å². The average molecular weight is 274 g/mol. The molecular weight excluding hydrogens is 265 g/mol. The first-order valence-electron chi connectivity index (χ1n) is 5.36. The Morgan fingerprint density at radius 2 is 2.11 bits per heavy atom. The molecule has 0 spiro atoms. The summed E-state index contributed by atoms with van der Waals surface area (Å²) in [4.78, 5) is 18.1. The molecule has 9 heteroatoms. The summed E-state index contributed by atoms with van der Waals surface area (Å²) >= 11 is 0. The van der Waals surface area contributed by atoms with Crippen molar-refractivity contribution in [1.29, 1.82) is 0 Å². The van der Waals surface area contributed by atoms with E-state index in [0.29, 0.717) is 10.9 Å². The van der Waals surface area contributed by atoms with Crippen LogP contribution in [0.2, 0.25) is 0 Å². The van der Waals surface area contributed by atoms with Gasteiger partial charge >= 0.3 is 12.1 Å². The van der Waals surface area contributed by atoms with Gasteiger partial charge in [0.1, 0.15) is 6.42 Å². The molecule has 102 valence electrons. The summed E-state index contributed by atoms with van der Waals surface area (Å²) in [5, 5.41) is 12.1. The second kappa shape index (κ2) is 4.48. The van der Waals surface area contributed by atoms with E-state index >= 15 is 0 Å². The Kier molecular flexibility index (Phi) is 3.13. The van der Waals surface area contributed by atoms with Gasteiger partial charge in [0.05, 0.1) is 0 Å². The zero-order chi connectivity index (χ0) is 14.2. The molecule has 0 atom stereocenters. The number of alkyl halides is 3. The van der Waals surface area contributed by atoms with Crippen LogP contribution in [-0.4, -0.2) is 30.7 Å². The number of nitrogens with zero attached hydrogens (tertiary/aromatic N) is 4. The van der Waals surface area contributed by atoms with Gasteiger partial charge in [-0.25, -0.2) is 4.98 Å². The van der Waals surface area contributed by atoms with Crippen molar-refractivity contribution in [1.82, 2.24) is 19.6 Å². The first kappa shape index (κ1) is 13.2. The van der Waals surface area contributed by atoms with Crippen LogP contribution < -0.4 is 0 Å². The molecule has 0 aromatic carbocycles. The zero-order valence-corrected chi connectivity index (χ0v) is 9.77. The van der Waals surface area contributed by atoms with Gasteiger partial charge in [-0.3, -0.25) is 4.79 Å². The van der Waals surface area contributed by atoms with E-state index in [1.54, 1.807) is 6.92 Å². The van der Waals surface area contributed by atoms with Crippen molar-refractivity contribution in [2.75, 3.05) is 0 Å². The molecule has 19 heavy (non-hydrogen) atoms. The van der Waals surface area contributed by atoms with E-state index in [-0.39, 0.29) is 17.3 Å². The fourth-order valence-electron chi connectivity index (χ4n) is 1.55. The minimum atomic E-state index is -4.61. The molecule has 0 aliphatic heterocycles. The van der Waals surface area contributed by atoms with E-state index in [2.05, 4.69) is 15.1 Å². The second-order valence-corrected chi connectivity index (χ2v) is 3.79.